The third kappa shape index (κ3) is 4.78. The van der Waals surface area contributed by atoms with E-state index in [1.54, 1.807) is 6.20 Å². The lowest BCUT2D eigenvalue weighted by Gasteiger charge is -2.25. The molecular formula is C26H31N5O2. The van der Waals surface area contributed by atoms with Gasteiger partial charge in [0.05, 0.1) is 11.7 Å². The minimum absolute atomic E-state index is 0.0268. The van der Waals surface area contributed by atoms with Gasteiger partial charge in [0, 0.05) is 31.0 Å². The Labute approximate surface area is 195 Å². The van der Waals surface area contributed by atoms with E-state index in [4.69, 9.17) is 9.72 Å². The molecule has 2 aromatic heterocycles. The highest BCUT2D eigenvalue weighted by atomic mass is 16.5. The second kappa shape index (κ2) is 9.75. The normalized spacial score (nSPS) is 18.7. The maximum Gasteiger partial charge on any atom is 0.254 e. The molecule has 7 nitrogen and oxygen atoms in total. The van der Waals surface area contributed by atoms with Gasteiger partial charge in [-0.1, -0.05) is 12.1 Å². The van der Waals surface area contributed by atoms with Crippen LogP contribution >= 0.6 is 0 Å². The molecule has 3 aromatic rings. The molecule has 0 radical (unpaired) electrons. The molecule has 1 amide bonds. The molecule has 2 fully saturated rings. The fourth-order valence-corrected chi connectivity index (χ4v) is 4.88. The summed E-state index contributed by atoms with van der Waals surface area (Å²) >= 11 is 0. The molecule has 1 atom stereocenters. The van der Waals surface area contributed by atoms with Crippen LogP contribution in [0.2, 0.25) is 0 Å². The van der Waals surface area contributed by atoms with Crippen molar-refractivity contribution in [2.75, 3.05) is 32.8 Å². The van der Waals surface area contributed by atoms with Crippen LogP contribution in [0.3, 0.4) is 0 Å². The monoisotopic (exact) mass is 445 g/mol. The summed E-state index contributed by atoms with van der Waals surface area (Å²) in [5, 5.41) is 0. The summed E-state index contributed by atoms with van der Waals surface area (Å²) in [6.07, 6.45) is 8.13. The summed E-state index contributed by atoms with van der Waals surface area (Å²) in [5.74, 6) is 2.51. The smallest absolute Gasteiger partial charge is 0.254 e. The Bertz CT molecular complexity index is 1110. The van der Waals surface area contributed by atoms with Crippen molar-refractivity contribution in [2.45, 2.75) is 38.6 Å². The van der Waals surface area contributed by atoms with Crippen LogP contribution in [0.4, 0.5) is 0 Å². The van der Waals surface area contributed by atoms with Gasteiger partial charge in [-0.15, -0.1) is 0 Å². The molecule has 1 unspecified atom stereocenters. The topological polar surface area (TPSA) is 63.5 Å². The lowest BCUT2D eigenvalue weighted by molar-refractivity contribution is 0.0732. The number of pyridine rings is 1. The van der Waals surface area contributed by atoms with Crippen molar-refractivity contribution in [2.24, 2.45) is 0 Å². The van der Waals surface area contributed by atoms with Crippen LogP contribution in [0, 0.1) is 6.92 Å². The molecule has 172 valence electrons. The first-order chi connectivity index (χ1) is 16.2. The zero-order valence-electron chi connectivity index (χ0n) is 19.2. The fraction of sp³-hybridized carbons (Fsp3) is 0.423. The number of rotatable bonds is 7. The highest BCUT2D eigenvalue weighted by Gasteiger charge is 2.32. The average molecular weight is 446 g/mol. The van der Waals surface area contributed by atoms with Gasteiger partial charge in [-0.05, 0) is 76.0 Å². The van der Waals surface area contributed by atoms with E-state index in [1.807, 2.05) is 65.1 Å². The van der Waals surface area contributed by atoms with E-state index in [1.165, 1.54) is 12.8 Å². The predicted molar refractivity (Wildman–Crippen MR) is 127 cm³/mol. The summed E-state index contributed by atoms with van der Waals surface area (Å²) in [5.41, 5.74) is 1.59. The Hall–Kier alpha value is -3.19. The van der Waals surface area contributed by atoms with Gasteiger partial charge in [0.1, 0.15) is 24.0 Å². The summed E-state index contributed by atoms with van der Waals surface area (Å²) in [6, 6.07) is 13.6. The molecule has 7 heteroatoms. The number of hydrogen-bond donors (Lipinski definition) is 0. The van der Waals surface area contributed by atoms with Crippen molar-refractivity contribution in [3.8, 4) is 11.6 Å². The predicted octanol–water partition coefficient (Wildman–Crippen LogP) is 4.03. The number of carbonyl (C=O) groups is 1. The maximum absolute atomic E-state index is 13.5. The Morgan fingerprint density at radius 2 is 1.94 bits per heavy atom. The first-order valence-corrected chi connectivity index (χ1v) is 11.9. The van der Waals surface area contributed by atoms with E-state index in [0.717, 1.165) is 62.1 Å². The van der Waals surface area contributed by atoms with E-state index in [0.29, 0.717) is 12.2 Å². The second-order valence-electron chi connectivity index (χ2n) is 8.85. The van der Waals surface area contributed by atoms with Gasteiger partial charge in [-0.2, -0.15) is 0 Å². The molecule has 4 heterocycles. The van der Waals surface area contributed by atoms with Gasteiger partial charge in [0.2, 0.25) is 0 Å². The Morgan fingerprint density at radius 3 is 2.76 bits per heavy atom. The SMILES string of the molecule is Cc1nccn1-c1cccc(C2CCCN2C(=O)c2cccc(OCCN3CCCC3)c2)n1. The van der Waals surface area contributed by atoms with E-state index < -0.39 is 0 Å². The van der Waals surface area contributed by atoms with Crippen LogP contribution in [0.15, 0.2) is 54.9 Å². The standard InChI is InChI=1S/C26H31N5O2/c1-20-27-12-16-30(20)25-11-5-9-23(28-25)24-10-6-15-31(24)26(32)21-7-4-8-22(19-21)33-18-17-29-13-2-3-14-29/h4-5,7-9,11-12,16,19,24H,2-3,6,10,13-15,17-18H2,1H3. The van der Waals surface area contributed by atoms with Crippen LogP contribution in [0.25, 0.3) is 5.82 Å². The van der Waals surface area contributed by atoms with Gasteiger partial charge in [0.15, 0.2) is 0 Å². The highest BCUT2D eigenvalue weighted by molar-refractivity contribution is 5.95. The molecule has 5 rings (SSSR count). The molecule has 2 aliphatic heterocycles. The molecule has 0 aliphatic carbocycles. The molecule has 2 saturated heterocycles. The lowest BCUT2D eigenvalue weighted by Crippen LogP contribution is -2.31. The Kier molecular flexibility index (Phi) is 6.39. The van der Waals surface area contributed by atoms with E-state index in [-0.39, 0.29) is 11.9 Å². The Morgan fingerprint density at radius 1 is 1.09 bits per heavy atom. The number of carbonyl (C=O) groups excluding carboxylic acids is 1. The van der Waals surface area contributed by atoms with Crippen molar-refractivity contribution in [3.63, 3.8) is 0 Å². The van der Waals surface area contributed by atoms with Crippen molar-refractivity contribution >= 4 is 5.91 Å². The number of aryl methyl sites for hydroxylation is 1. The summed E-state index contributed by atoms with van der Waals surface area (Å²) < 4.78 is 7.93. The minimum atomic E-state index is -0.0268. The lowest BCUT2D eigenvalue weighted by atomic mass is 10.1. The van der Waals surface area contributed by atoms with E-state index in [9.17, 15) is 4.79 Å². The second-order valence-corrected chi connectivity index (χ2v) is 8.85. The molecule has 33 heavy (non-hydrogen) atoms. The molecule has 0 saturated carbocycles. The number of benzene rings is 1. The summed E-state index contributed by atoms with van der Waals surface area (Å²) in [6.45, 7) is 6.60. The average Bonchev–Trinajstić information content (AvgIpc) is 3.61. The third-order valence-electron chi connectivity index (χ3n) is 6.64. The number of ether oxygens (including phenoxy) is 1. The zero-order valence-corrected chi connectivity index (χ0v) is 19.2. The zero-order chi connectivity index (χ0) is 22.6. The number of hydrogen-bond acceptors (Lipinski definition) is 5. The molecular weight excluding hydrogens is 414 g/mol. The largest absolute Gasteiger partial charge is 0.492 e. The van der Waals surface area contributed by atoms with Gasteiger partial charge in [-0.3, -0.25) is 14.3 Å². The minimum Gasteiger partial charge on any atom is -0.492 e. The van der Waals surface area contributed by atoms with Crippen molar-refractivity contribution in [3.05, 3.63) is 71.9 Å². The van der Waals surface area contributed by atoms with Crippen LogP contribution in [-0.2, 0) is 0 Å². The third-order valence-corrected chi connectivity index (χ3v) is 6.64. The summed E-state index contributed by atoms with van der Waals surface area (Å²) in [4.78, 5) is 27.0. The first kappa shape index (κ1) is 21.6. The maximum atomic E-state index is 13.5. The van der Waals surface area contributed by atoms with E-state index >= 15 is 0 Å². The number of imidazole rings is 1. The first-order valence-electron chi connectivity index (χ1n) is 11.9. The molecule has 0 N–H and O–H groups in total. The highest BCUT2D eigenvalue weighted by Crippen LogP contribution is 2.33. The van der Waals surface area contributed by atoms with Gasteiger partial charge in [0.25, 0.3) is 5.91 Å². The van der Waals surface area contributed by atoms with Gasteiger partial charge >= 0.3 is 0 Å². The Balaban J connectivity index is 1.29. The quantitative estimate of drug-likeness (QED) is 0.550. The fourth-order valence-electron chi connectivity index (χ4n) is 4.88. The van der Waals surface area contributed by atoms with Crippen molar-refractivity contribution in [1.82, 2.24) is 24.3 Å². The molecule has 0 bridgehead atoms. The van der Waals surface area contributed by atoms with Crippen molar-refractivity contribution in [1.29, 1.82) is 0 Å². The molecule has 1 aromatic carbocycles. The number of amides is 1. The van der Waals surface area contributed by atoms with Crippen molar-refractivity contribution < 1.29 is 9.53 Å². The molecule has 2 aliphatic rings. The molecule has 0 spiro atoms. The van der Waals surface area contributed by atoms with Crippen LogP contribution < -0.4 is 4.74 Å². The number of aromatic nitrogens is 3. The van der Waals surface area contributed by atoms with Gasteiger partial charge < -0.3 is 9.64 Å². The van der Waals surface area contributed by atoms with Gasteiger partial charge in [-0.25, -0.2) is 9.97 Å². The van der Waals surface area contributed by atoms with Crippen LogP contribution in [-0.4, -0.2) is 63.0 Å². The van der Waals surface area contributed by atoms with Crippen LogP contribution in [0.1, 0.15) is 53.6 Å². The van der Waals surface area contributed by atoms with E-state index in [2.05, 4.69) is 9.88 Å². The summed E-state index contributed by atoms with van der Waals surface area (Å²) in [7, 11) is 0. The number of likely N-dealkylation sites (tertiary alicyclic amines) is 2. The van der Waals surface area contributed by atoms with Crippen LogP contribution in [0.5, 0.6) is 5.75 Å². The number of nitrogens with zero attached hydrogens (tertiary/aromatic N) is 5.